The molecule has 1 aromatic rings. The second-order valence-electron chi connectivity index (χ2n) is 8.95. The number of benzene rings is 1. The molecule has 4 heteroatoms. The number of carbonyl (C=O) groups excluding carboxylic acids is 1. The quantitative estimate of drug-likeness (QED) is 0.700. The largest absolute Gasteiger partial charge is 0.272 e. The Labute approximate surface area is 160 Å². The Kier molecular flexibility index (Phi) is 3.30. The predicted octanol–water partition coefficient (Wildman–Crippen LogP) is 3.95. The lowest BCUT2D eigenvalue weighted by Crippen LogP contribution is -2.55. The molecule has 2 fully saturated rings. The van der Waals surface area contributed by atoms with Crippen molar-refractivity contribution in [2.45, 2.75) is 45.1 Å². The molecule has 3 aliphatic carbocycles. The first kappa shape index (κ1) is 15.8. The Hall–Kier alpha value is -2.23. The molecule has 0 unspecified atom stereocenters. The zero-order valence-electron chi connectivity index (χ0n) is 15.7. The average Bonchev–Trinajstić information content (AvgIpc) is 3.31. The predicted molar refractivity (Wildman–Crippen MR) is 105 cm³/mol. The molecule has 1 amide bonds. The summed E-state index contributed by atoms with van der Waals surface area (Å²) < 4.78 is 0. The second-order valence-corrected chi connectivity index (χ2v) is 8.95. The molecule has 2 heterocycles. The zero-order chi connectivity index (χ0) is 18.1. The Morgan fingerprint density at radius 2 is 1.74 bits per heavy atom. The molecule has 2 aliphatic heterocycles. The third kappa shape index (κ3) is 2.19. The molecule has 6 atom stereocenters. The highest BCUT2D eigenvalue weighted by Crippen LogP contribution is 2.50. The topological polar surface area (TPSA) is 45.0 Å². The minimum absolute atomic E-state index is 0.00640. The number of rotatable bonds is 1. The van der Waals surface area contributed by atoms with E-state index in [4.69, 9.17) is 10.1 Å². The van der Waals surface area contributed by atoms with Crippen LogP contribution >= 0.6 is 0 Å². The van der Waals surface area contributed by atoms with E-state index in [0.717, 1.165) is 30.8 Å². The maximum absolute atomic E-state index is 13.4. The molecule has 27 heavy (non-hydrogen) atoms. The van der Waals surface area contributed by atoms with Gasteiger partial charge in [0.25, 0.3) is 5.91 Å². The van der Waals surface area contributed by atoms with E-state index in [1.807, 2.05) is 0 Å². The third-order valence-electron chi connectivity index (χ3n) is 7.41. The number of hydrazone groups is 1. The Morgan fingerprint density at radius 1 is 1.00 bits per heavy atom. The SMILES string of the molecule is Cc1ccc(C2=NN3C(=O)[C@H]4[C@@H](N=C3[C@H]3CCCC[C@@H]23)[C@@H]2C=C[C@H]4C2)cc1. The van der Waals surface area contributed by atoms with Crippen LogP contribution in [-0.2, 0) is 4.79 Å². The van der Waals surface area contributed by atoms with Gasteiger partial charge >= 0.3 is 0 Å². The maximum Gasteiger partial charge on any atom is 0.254 e. The van der Waals surface area contributed by atoms with E-state index in [-0.39, 0.29) is 17.9 Å². The number of carbonyl (C=O) groups is 1. The Morgan fingerprint density at radius 3 is 2.56 bits per heavy atom. The molecule has 1 aromatic carbocycles. The van der Waals surface area contributed by atoms with Crippen molar-refractivity contribution >= 4 is 17.5 Å². The van der Waals surface area contributed by atoms with Crippen molar-refractivity contribution in [3.63, 3.8) is 0 Å². The van der Waals surface area contributed by atoms with Crippen molar-refractivity contribution < 1.29 is 4.79 Å². The van der Waals surface area contributed by atoms with Crippen LogP contribution in [0.25, 0.3) is 0 Å². The molecule has 0 aromatic heterocycles. The lowest BCUT2D eigenvalue weighted by atomic mass is 9.72. The van der Waals surface area contributed by atoms with Gasteiger partial charge < -0.3 is 0 Å². The first-order chi connectivity index (χ1) is 13.2. The monoisotopic (exact) mass is 359 g/mol. The molecule has 138 valence electrons. The minimum atomic E-state index is 0.00640. The fourth-order valence-electron chi connectivity index (χ4n) is 6.06. The molecule has 5 aliphatic rings. The summed E-state index contributed by atoms with van der Waals surface area (Å²) >= 11 is 0. The molecule has 2 saturated carbocycles. The molecule has 0 saturated heterocycles. The fourth-order valence-corrected chi connectivity index (χ4v) is 6.06. The van der Waals surface area contributed by atoms with Crippen LogP contribution in [0.5, 0.6) is 0 Å². The van der Waals surface area contributed by atoms with E-state index in [1.54, 1.807) is 5.01 Å². The highest BCUT2D eigenvalue weighted by molar-refractivity contribution is 6.12. The highest BCUT2D eigenvalue weighted by atomic mass is 16.2. The Balaban J connectivity index is 1.48. The van der Waals surface area contributed by atoms with Gasteiger partial charge in [-0.25, -0.2) is 0 Å². The van der Waals surface area contributed by atoms with Gasteiger partial charge in [-0.1, -0.05) is 54.8 Å². The van der Waals surface area contributed by atoms with Crippen molar-refractivity contribution in [3.05, 3.63) is 47.5 Å². The van der Waals surface area contributed by atoms with Crippen molar-refractivity contribution in [1.29, 1.82) is 0 Å². The molecule has 0 radical (unpaired) electrons. The normalized spacial score (nSPS) is 38.9. The van der Waals surface area contributed by atoms with E-state index in [9.17, 15) is 4.79 Å². The number of nitrogens with zero attached hydrogens (tertiary/aromatic N) is 3. The Bertz CT molecular complexity index is 897. The standard InChI is InChI=1S/C23H25N3O/c1-13-6-8-14(9-7-13)20-17-4-2-3-5-18(17)22-24-21-16-11-10-15(12-16)19(21)23(27)26(22)25-20/h6-11,15-19,21H,2-5,12H2,1H3/t15-,16+,17+,18-,19+,21-/m0/s1. The minimum Gasteiger partial charge on any atom is -0.272 e. The van der Waals surface area contributed by atoms with Crippen molar-refractivity contribution in [3.8, 4) is 0 Å². The van der Waals surface area contributed by atoms with Crippen molar-refractivity contribution in [2.24, 2.45) is 39.7 Å². The van der Waals surface area contributed by atoms with Crippen molar-refractivity contribution in [1.82, 2.24) is 5.01 Å². The van der Waals surface area contributed by atoms with Gasteiger partial charge in [-0.05, 0) is 37.7 Å². The van der Waals surface area contributed by atoms with Gasteiger partial charge in [0.15, 0.2) is 0 Å². The van der Waals surface area contributed by atoms with Gasteiger partial charge in [0.2, 0.25) is 0 Å². The number of fused-ring (bicyclic) bond motifs is 8. The van der Waals surface area contributed by atoms with Crippen LogP contribution in [0, 0.1) is 36.5 Å². The third-order valence-corrected chi connectivity index (χ3v) is 7.41. The van der Waals surface area contributed by atoms with Crippen LogP contribution in [0.15, 0.2) is 46.5 Å². The summed E-state index contributed by atoms with van der Waals surface area (Å²) in [7, 11) is 0. The lowest BCUT2D eigenvalue weighted by molar-refractivity contribution is -0.134. The summed E-state index contributed by atoms with van der Waals surface area (Å²) in [4.78, 5) is 18.6. The number of amidine groups is 1. The maximum atomic E-state index is 13.4. The fraction of sp³-hybridized carbons (Fsp3) is 0.522. The van der Waals surface area contributed by atoms with E-state index in [0.29, 0.717) is 23.7 Å². The van der Waals surface area contributed by atoms with Crippen LogP contribution in [-0.4, -0.2) is 28.5 Å². The summed E-state index contributed by atoms with van der Waals surface area (Å²) in [6, 6.07) is 8.79. The molecule has 0 N–H and O–H groups in total. The number of aliphatic imine (C=N–C) groups is 1. The number of aryl methyl sites for hydroxylation is 1. The van der Waals surface area contributed by atoms with Crippen LogP contribution in [0.4, 0.5) is 0 Å². The van der Waals surface area contributed by atoms with Gasteiger partial charge in [0, 0.05) is 17.8 Å². The number of hydrogen-bond donors (Lipinski definition) is 0. The molecule has 6 rings (SSSR count). The van der Waals surface area contributed by atoms with Gasteiger partial charge in [-0.15, -0.1) is 0 Å². The molecular weight excluding hydrogens is 334 g/mol. The molecular formula is C23H25N3O. The molecule has 0 spiro atoms. The number of amides is 1. The van der Waals surface area contributed by atoms with Gasteiger partial charge in [-0.3, -0.25) is 9.79 Å². The summed E-state index contributed by atoms with van der Waals surface area (Å²) in [5.74, 6) is 2.74. The lowest BCUT2D eigenvalue weighted by Gasteiger charge is -2.44. The zero-order valence-corrected chi connectivity index (χ0v) is 15.7. The highest BCUT2D eigenvalue weighted by Gasteiger charge is 2.55. The average molecular weight is 359 g/mol. The van der Waals surface area contributed by atoms with E-state index in [1.165, 1.54) is 24.0 Å². The van der Waals surface area contributed by atoms with E-state index >= 15 is 0 Å². The first-order valence-corrected chi connectivity index (χ1v) is 10.5. The number of hydrogen-bond acceptors (Lipinski definition) is 3. The van der Waals surface area contributed by atoms with Crippen LogP contribution in [0.1, 0.15) is 43.2 Å². The summed E-state index contributed by atoms with van der Waals surface area (Å²) in [6.45, 7) is 2.11. The molecule has 4 nitrogen and oxygen atoms in total. The second kappa shape index (κ2) is 5.63. The van der Waals surface area contributed by atoms with Crippen LogP contribution in [0.3, 0.4) is 0 Å². The molecule has 2 bridgehead atoms. The van der Waals surface area contributed by atoms with Crippen LogP contribution in [0.2, 0.25) is 0 Å². The summed E-state index contributed by atoms with van der Waals surface area (Å²) in [5, 5.41) is 6.68. The van der Waals surface area contributed by atoms with Gasteiger partial charge in [0.1, 0.15) is 5.84 Å². The van der Waals surface area contributed by atoms with E-state index in [2.05, 4.69) is 43.3 Å². The van der Waals surface area contributed by atoms with Gasteiger partial charge in [0.05, 0.1) is 17.7 Å². The van der Waals surface area contributed by atoms with Crippen LogP contribution < -0.4 is 0 Å². The first-order valence-electron chi connectivity index (χ1n) is 10.5. The number of allylic oxidation sites excluding steroid dienone is 1. The summed E-state index contributed by atoms with van der Waals surface area (Å²) in [5.41, 5.74) is 3.52. The van der Waals surface area contributed by atoms with Crippen molar-refractivity contribution in [2.75, 3.05) is 0 Å². The van der Waals surface area contributed by atoms with E-state index < -0.39 is 0 Å². The van der Waals surface area contributed by atoms with Gasteiger partial charge in [-0.2, -0.15) is 10.1 Å². The summed E-state index contributed by atoms with van der Waals surface area (Å²) in [6.07, 6.45) is 10.4. The smallest absolute Gasteiger partial charge is 0.254 e.